The van der Waals surface area contributed by atoms with Gasteiger partial charge in [0.2, 0.25) is 18.4 Å². The first kappa shape index (κ1) is 39.2. The predicted octanol–water partition coefficient (Wildman–Crippen LogP) is 0.457. The van der Waals surface area contributed by atoms with Crippen LogP contribution >= 0.6 is 22.9 Å². The van der Waals surface area contributed by atoms with Crippen LogP contribution in [0.5, 0.6) is 0 Å². The number of alkyl halides is 1. The van der Waals surface area contributed by atoms with Gasteiger partial charge in [-0.2, -0.15) is 0 Å². The quantitative estimate of drug-likeness (QED) is 0.0395. The number of nitro benzene ring substituents is 2. The molecule has 0 spiro atoms. The van der Waals surface area contributed by atoms with Gasteiger partial charge in [0, 0.05) is 29.6 Å². The molecule has 0 aliphatic carbocycles. The molecular formula is C29H25ClN8O14S. The van der Waals surface area contributed by atoms with Crippen molar-refractivity contribution in [2.45, 2.75) is 25.3 Å². The summed E-state index contributed by atoms with van der Waals surface area (Å²) in [5.74, 6) is -6.27. The molecule has 24 heteroatoms. The van der Waals surface area contributed by atoms with Gasteiger partial charge in [0.1, 0.15) is 30.8 Å². The number of non-ortho nitro benzene ring substituents is 2. The third-order valence-corrected chi connectivity index (χ3v) is 7.71. The van der Waals surface area contributed by atoms with Gasteiger partial charge in [-0.3, -0.25) is 44.2 Å². The van der Waals surface area contributed by atoms with Crippen LogP contribution in [-0.4, -0.2) is 92.4 Å². The van der Waals surface area contributed by atoms with Crippen molar-refractivity contribution in [3.8, 4) is 0 Å². The summed E-state index contributed by atoms with van der Waals surface area (Å²) < 4.78 is 10.0. The van der Waals surface area contributed by atoms with Gasteiger partial charge in [0.05, 0.1) is 9.85 Å². The third-order valence-electron chi connectivity index (χ3n) is 6.71. The number of rotatable bonds is 18. The Morgan fingerprint density at radius 3 is 1.98 bits per heavy atom. The molecule has 2 aromatic carbocycles. The Balaban J connectivity index is 1.37. The Morgan fingerprint density at radius 1 is 0.925 bits per heavy atom. The third kappa shape index (κ3) is 10.7. The number of hydroxylamine groups is 2. The van der Waals surface area contributed by atoms with Gasteiger partial charge in [-0.15, -0.1) is 22.9 Å². The summed E-state index contributed by atoms with van der Waals surface area (Å²) in [5.41, 5.74) is 5.09. The molecule has 0 saturated carbocycles. The number of halogens is 1. The first-order valence-corrected chi connectivity index (χ1v) is 16.0. The number of ether oxygens (including phenoxy) is 2. The number of nitrogens with one attached hydrogen (secondary N) is 2. The molecule has 2 unspecified atom stereocenters. The number of amides is 4. The summed E-state index contributed by atoms with van der Waals surface area (Å²) in [4.78, 5) is 109. The number of carbonyl (C=O) groups excluding carboxylic acids is 6. The topological polar surface area (TPSA) is 304 Å². The summed E-state index contributed by atoms with van der Waals surface area (Å²) in [6.45, 7) is -2.26. The molecule has 3 aromatic rings. The van der Waals surface area contributed by atoms with Crippen molar-refractivity contribution in [3.05, 3.63) is 91.0 Å². The number of nitrogens with zero attached hydrogens (tertiary/aromatic N) is 5. The fourth-order valence-electron chi connectivity index (χ4n) is 4.14. The molecule has 53 heavy (non-hydrogen) atoms. The van der Waals surface area contributed by atoms with Crippen molar-refractivity contribution in [3.63, 3.8) is 0 Å². The molecular weight excluding hydrogens is 752 g/mol. The zero-order valence-corrected chi connectivity index (χ0v) is 28.3. The minimum Gasteiger partial charge on any atom is -0.459 e. The van der Waals surface area contributed by atoms with E-state index in [-0.39, 0.29) is 35.4 Å². The highest BCUT2D eigenvalue weighted by atomic mass is 35.5. The lowest BCUT2D eigenvalue weighted by Gasteiger charge is -2.43. The number of β-lactam (4-membered cyclic amide) rings is 1. The van der Waals surface area contributed by atoms with E-state index in [1.807, 2.05) is 0 Å². The van der Waals surface area contributed by atoms with Crippen molar-refractivity contribution in [2.24, 2.45) is 10.9 Å². The minimum absolute atomic E-state index is 0.0107. The zero-order valence-electron chi connectivity index (χ0n) is 26.7. The number of primary amides is 1. The van der Waals surface area contributed by atoms with E-state index >= 15 is 0 Å². The van der Waals surface area contributed by atoms with Crippen LogP contribution in [0.25, 0.3) is 0 Å². The van der Waals surface area contributed by atoms with Gasteiger partial charge in [-0.1, -0.05) is 5.16 Å². The molecule has 0 bridgehead atoms. The van der Waals surface area contributed by atoms with Gasteiger partial charge in [0.25, 0.3) is 23.2 Å². The smallest absolute Gasteiger partial charge is 0.347 e. The fraction of sp³-hybridized carbons (Fsp3) is 0.241. The summed E-state index contributed by atoms with van der Waals surface area (Å²) >= 11 is 6.35. The van der Waals surface area contributed by atoms with Crippen molar-refractivity contribution >= 4 is 80.7 Å². The highest BCUT2D eigenvalue weighted by Gasteiger charge is 2.53. The molecule has 0 radical (unpaired) electrons. The number of nitro groups is 2. The summed E-state index contributed by atoms with van der Waals surface area (Å²) in [7, 11) is 0. The fourth-order valence-corrected chi connectivity index (χ4v) is 4.92. The van der Waals surface area contributed by atoms with E-state index in [9.17, 15) is 49.0 Å². The monoisotopic (exact) mass is 776 g/mol. The first-order chi connectivity index (χ1) is 25.3. The second-order valence-electron chi connectivity index (χ2n) is 10.3. The number of esters is 2. The Labute approximate surface area is 305 Å². The van der Waals surface area contributed by atoms with Gasteiger partial charge in [-0.05, 0) is 35.4 Å². The summed E-state index contributed by atoms with van der Waals surface area (Å²) in [5, 5.41) is 31.6. The molecule has 22 nitrogen and oxygen atoms in total. The maximum Gasteiger partial charge on any atom is 0.347 e. The second-order valence-corrected chi connectivity index (χ2v) is 11.5. The Kier molecular flexibility index (Phi) is 13.4. The molecule has 2 atom stereocenters. The van der Waals surface area contributed by atoms with Crippen LogP contribution in [0.1, 0.15) is 16.8 Å². The molecule has 2 heterocycles. The van der Waals surface area contributed by atoms with Crippen LogP contribution in [0.2, 0.25) is 0 Å². The predicted molar refractivity (Wildman–Crippen MR) is 177 cm³/mol. The molecule has 4 amide bonds. The Bertz CT molecular complexity index is 1940. The van der Waals surface area contributed by atoms with Gasteiger partial charge in [-0.25, -0.2) is 19.6 Å². The van der Waals surface area contributed by atoms with Gasteiger partial charge >= 0.3 is 11.9 Å². The summed E-state index contributed by atoms with van der Waals surface area (Å²) in [6, 6.07) is 7.09. The number of hydrogen-bond donors (Lipinski definition) is 3. The van der Waals surface area contributed by atoms with Crippen LogP contribution in [0.3, 0.4) is 0 Å². The number of benzene rings is 2. The second kappa shape index (κ2) is 18.1. The number of thiazole rings is 1. The molecule has 1 fully saturated rings. The highest BCUT2D eigenvalue weighted by molar-refractivity contribution is 7.14. The van der Waals surface area contributed by atoms with E-state index < -0.39 is 82.3 Å². The lowest BCUT2D eigenvalue weighted by molar-refractivity contribution is -0.385. The van der Waals surface area contributed by atoms with Crippen molar-refractivity contribution in [1.29, 1.82) is 0 Å². The van der Waals surface area contributed by atoms with E-state index in [0.29, 0.717) is 16.2 Å². The standard InChI is InChI=1S/C29H25ClN8O14S/c30-9-20(39)33-29-32-19(14-53-29)23(35-51-12-21(40)49-10-15-1-5-17(6-2-15)37(45)46)27(43)34-24-25(26(31)42)36(28(24)44)52-13-22(41)50-11-16-3-7-18(8-4-16)38(47)48/h1-8,14,24-25H,9-13H2,(H2,31,42)(H,34,43)(H,32,33,39). The van der Waals surface area contributed by atoms with Crippen molar-refractivity contribution in [1.82, 2.24) is 15.4 Å². The average Bonchev–Trinajstić information content (AvgIpc) is 3.59. The molecule has 278 valence electrons. The SMILES string of the molecule is NC(=O)C1C(NC(=O)C(=NOCC(=O)OCc2ccc([N+](=O)[O-])cc2)c2csc(NC(=O)CCl)n2)C(=O)N1OCC(=O)OCc1ccc([N+](=O)[O-])cc1. The molecule has 1 aromatic heterocycles. The molecule has 4 rings (SSSR count). The lowest BCUT2D eigenvalue weighted by Crippen LogP contribution is -2.74. The number of carbonyl (C=O) groups is 6. The van der Waals surface area contributed by atoms with E-state index in [2.05, 4.69) is 20.8 Å². The van der Waals surface area contributed by atoms with E-state index in [0.717, 1.165) is 11.3 Å². The number of aromatic nitrogens is 1. The van der Waals surface area contributed by atoms with Gasteiger partial charge in [0.15, 0.2) is 23.5 Å². The first-order valence-electron chi connectivity index (χ1n) is 14.6. The van der Waals surface area contributed by atoms with E-state index in [1.54, 1.807) is 0 Å². The average molecular weight is 777 g/mol. The lowest BCUT2D eigenvalue weighted by atomic mass is 9.97. The number of oxime groups is 1. The number of anilines is 1. The van der Waals surface area contributed by atoms with E-state index in [1.165, 1.54) is 53.9 Å². The van der Waals surface area contributed by atoms with Crippen LogP contribution in [0.4, 0.5) is 16.5 Å². The molecule has 1 aliphatic heterocycles. The Morgan fingerprint density at radius 2 is 1.47 bits per heavy atom. The molecule has 1 saturated heterocycles. The Hall–Kier alpha value is -6.59. The summed E-state index contributed by atoms with van der Waals surface area (Å²) in [6.07, 6.45) is 0. The highest BCUT2D eigenvalue weighted by Crippen LogP contribution is 2.22. The van der Waals surface area contributed by atoms with Crippen LogP contribution in [-0.2, 0) is 61.1 Å². The maximum atomic E-state index is 13.4. The molecule has 4 N–H and O–H groups in total. The van der Waals surface area contributed by atoms with Crippen LogP contribution in [0.15, 0.2) is 59.1 Å². The number of hydrogen-bond acceptors (Lipinski definition) is 17. The number of nitrogens with two attached hydrogens (primary N) is 1. The van der Waals surface area contributed by atoms with Crippen molar-refractivity contribution in [2.75, 3.05) is 24.4 Å². The largest absolute Gasteiger partial charge is 0.459 e. The normalized spacial score (nSPS) is 15.1. The van der Waals surface area contributed by atoms with E-state index in [4.69, 9.17) is 36.5 Å². The van der Waals surface area contributed by atoms with Gasteiger partial charge < -0.3 is 30.7 Å². The van der Waals surface area contributed by atoms with Crippen molar-refractivity contribution < 1.29 is 57.8 Å². The van der Waals surface area contributed by atoms with Crippen LogP contribution < -0.4 is 16.4 Å². The molecule has 1 aliphatic rings. The zero-order chi connectivity index (χ0) is 38.7. The van der Waals surface area contributed by atoms with Crippen LogP contribution in [0, 0.1) is 20.2 Å². The minimum atomic E-state index is -1.62. The maximum absolute atomic E-state index is 13.4.